The topological polar surface area (TPSA) is 137 Å². The quantitative estimate of drug-likeness (QED) is 0.402. The summed E-state index contributed by atoms with van der Waals surface area (Å²) in [7, 11) is 1.85. The molecule has 0 spiro atoms. The van der Waals surface area contributed by atoms with Crippen molar-refractivity contribution in [3.05, 3.63) is 59.8 Å². The van der Waals surface area contributed by atoms with Gasteiger partial charge in [0.05, 0.1) is 29.3 Å². The standard InChI is InChI=1S/C25H29N9O2/c1-25(2,3)23-32-21(33-36-23)22(35)30-18-8-6-5-7-15-11-20(27-13-17(15)18)19-9-10-26-24(31-19)29-16-12-28-34(4)14-16/h9-14,18H,5-8H2,1-4H3,(H,30,35)(H,26,29,31). The molecule has 1 aliphatic rings. The zero-order valence-corrected chi connectivity index (χ0v) is 20.8. The third-order valence-electron chi connectivity index (χ3n) is 6.04. The summed E-state index contributed by atoms with van der Waals surface area (Å²) in [6.07, 6.45) is 10.8. The highest BCUT2D eigenvalue weighted by Gasteiger charge is 2.27. The first-order chi connectivity index (χ1) is 17.3. The van der Waals surface area contributed by atoms with Gasteiger partial charge in [-0.15, -0.1) is 0 Å². The largest absolute Gasteiger partial charge is 0.342 e. The Kier molecular flexibility index (Phi) is 6.21. The van der Waals surface area contributed by atoms with Gasteiger partial charge in [-0.25, -0.2) is 9.97 Å². The lowest BCUT2D eigenvalue weighted by Crippen LogP contribution is -2.30. The lowest BCUT2D eigenvalue weighted by molar-refractivity contribution is 0.0921. The number of hydrogen-bond acceptors (Lipinski definition) is 9. The van der Waals surface area contributed by atoms with E-state index >= 15 is 0 Å². The minimum Gasteiger partial charge on any atom is -0.342 e. The highest BCUT2D eigenvalue weighted by molar-refractivity contribution is 5.90. The third kappa shape index (κ3) is 5.09. The van der Waals surface area contributed by atoms with E-state index in [1.165, 1.54) is 0 Å². The maximum absolute atomic E-state index is 12.9. The van der Waals surface area contributed by atoms with Crippen molar-refractivity contribution in [2.24, 2.45) is 7.05 Å². The SMILES string of the molecule is Cn1cc(Nc2nccc(-c3cc4c(cn3)C(NC(=O)c3noc(C(C)(C)C)n3)CCCC4)n2)cn1. The Hall–Kier alpha value is -4.15. The van der Waals surface area contributed by atoms with E-state index in [0.29, 0.717) is 17.5 Å². The first kappa shape index (κ1) is 23.6. The van der Waals surface area contributed by atoms with Crippen LogP contribution in [0.4, 0.5) is 11.6 Å². The van der Waals surface area contributed by atoms with Gasteiger partial charge in [-0.3, -0.25) is 14.5 Å². The van der Waals surface area contributed by atoms with Crippen LogP contribution >= 0.6 is 0 Å². The van der Waals surface area contributed by atoms with Gasteiger partial charge in [0.2, 0.25) is 11.8 Å². The first-order valence-corrected chi connectivity index (χ1v) is 12.0. The Morgan fingerprint density at radius 1 is 1.14 bits per heavy atom. The average molecular weight is 488 g/mol. The number of aryl methyl sites for hydroxylation is 2. The minimum absolute atomic E-state index is 0.0462. The lowest BCUT2D eigenvalue weighted by Gasteiger charge is -2.19. The van der Waals surface area contributed by atoms with Crippen molar-refractivity contribution in [1.29, 1.82) is 0 Å². The molecule has 11 heteroatoms. The number of nitrogens with zero attached hydrogens (tertiary/aromatic N) is 7. The number of anilines is 2. The van der Waals surface area contributed by atoms with Gasteiger partial charge in [-0.05, 0) is 42.5 Å². The molecule has 0 saturated heterocycles. The van der Waals surface area contributed by atoms with Crippen LogP contribution in [-0.2, 0) is 18.9 Å². The van der Waals surface area contributed by atoms with Gasteiger partial charge in [-0.1, -0.05) is 32.3 Å². The van der Waals surface area contributed by atoms with Crippen LogP contribution in [0.25, 0.3) is 11.4 Å². The van der Waals surface area contributed by atoms with Gasteiger partial charge in [0.15, 0.2) is 0 Å². The Morgan fingerprint density at radius 2 is 2.00 bits per heavy atom. The summed E-state index contributed by atoms with van der Waals surface area (Å²) in [5, 5.41) is 14.3. The Morgan fingerprint density at radius 3 is 2.75 bits per heavy atom. The van der Waals surface area contributed by atoms with Crippen molar-refractivity contribution in [2.75, 3.05) is 5.32 Å². The summed E-state index contributed by atoms with van der Waals surface area (Å²) in [5.74, 6) is 0.600. The summed E-state index contributed by atoms with van der Waals surface area (Å²) < 4.78 is 7.00. The van der Waals surface area contributed by atoms with Crippen LogP contribution in [0.15, 0.2) is 41.4 Å². The predicted molar refractivity (Wildman–Crippen MR) is 133 cm³/mol. The fourth-order valence-electron chi connectivity index (χ4n) is 4.17. The second-order valence-electron chi connectivity index (χ2n) is 10.0. The molecule has 1 amide bonds. The second kappa shape index (κ2) is 9.48. The van der Waals surface area contributed by atoms with Gasteiger partial charge in [0.1, 0.15) is 0 Å². The summed E-state index contributed by atoms with van der Waals surface area (Å²) in [5.41, 5.74) is 4.10. The molecule has 0 radical (unpaired) electrons. The zero-order valence-electron chi connectivity index (χ0n) is 20.8. The number of fused-ring (bicyclic) bond motifs is 1. The molecule has 0 saturated carbocycles. The molecule has 4 heterocycles. The fraction of sp³-hybridized carbons (Fsp3) is 0.400. The number of carbonyl (C=O) groups excluding carboxylic acids is 1. The van der Waals surface area contributed by atoms with E-state index < -0.39 is 0 Å². The van der Waals surface area contributed by atoms with Crippen LogP contribution in [0, 0.1) is 0 Å². The fourth-order valence-corrected chi connectivity index (χ4v) is 4.17. The monoisotopic (exact) mass is 487 g/mol. The Labute approximate surface area is 208 Å². The molecule has 1 atom stereocenters. The third-order valence-corrected chi connectivity index (χ3v) is 6.04. The number of pyridine rings is 1. The number of hydrogen-bond donors (Lipinski definition) is 2. The highest BCUT2D eigenvalue weighted by Crippen LogP contribution is 2.31. The molecule has 0 aromatic carbocycles. The number of amides is 1. The van der Waals surface area contributed by atoms with Gasteiger partial charge in [0, 0.05) is 31.1 Å². The molecule has 1 aliphatic carbocycles. The minimum atomic E-state index is -0.349. The highest BCUT2D eigenvalue weighted by atomic mass is 16.5. The van der Waals surface area contributed by atoms with Crippen LogP contribution in [0.5, 0.6) is 0 Å². The van der Waals surface area contributed by atoms with Crippen LogP contribution in [-0.4, -0.2) is 40.8 Å². The number of nitrogens with one attached hydrogen (secondary N) is 2. The van der Waals surface area contributed by atoms with Gasteiger partial charge in [-0.2, -0.15) is 10.1 Å². The van der Waals surface area contributed by atoms with E-state index in [4.69, 9.17) is 4.52 Å². The predicted octanol–water partition coefficient (Wildman–Crippen LogP) is 3.89. The van der Waals surface area contributed by atoms with Gasteiger partial charge < -0.3 is 15.2 Å². The van der Waals surface area contributed by atoms with Crippen molar-refractivity contribution in [3.63, 3.8) is 0 Å². The normalized spacial score (nSPS) is 15.7. The van der Waals surface area contributed by atoms with E-state index in [1.54, 1.807) is 17.1 Å². The molecule has 11 nitrogen and oxygen atoms in total. The first-order valence-electron chi connectivity index (χ1n) is 12.0. The van der Waals surface area contributed by atoms with Crippen molar-refractivity contribution >= 4 is 17.5 Å². The van der Waals surface area contributed by atoms with E-state index in [2.05, 4.69) is 46.9 Å². The summed E-state index contributed by atoms with van der Waals surface area (Å²) in [4.78, 5) is 30.8. The molecule has 0 bridgehead atoms. The van der Waals surface area contributed by atoms with E-state index in [1.807, 2.05) is 46.3 Å². The zero-order chi connectivity index (χ0) is 25.3. The number of aromatic nitrogens is 7. The summed E-state index contributed by atoms with van der Waals surface area (Å²) in [6, 6.07) is 3.71. The van der Waals surface area contributed by atoms with Crippen LogP contribution in [0.3, 0.4) is 0 Å². The van der Waals surface area contributed by atoms with Gasteiger partial charge in [0.25, 0.3) is 11.7 Å². The summed E-state index contributed by atoms with van der Waals surface area (Å²) in [6.45, 7) is 5.88. The Balaban J connectivity index is 1.36. The molecule has 4 aromatic rings. The molecular weight excluding hydrogens is 458 g/mol. The van der Waals surface area contributed by atoms with E-state index in [9.17, 15) is 4.79 Å². The lowest BCUT2D eigenvalue weighted by atomic mass is 9.97. The van der Waals surface area contributed by atoms with Crippen molar-refractivity contribution in [1.82, 2.24) is 40.2 Å². The molecule has 36 heavy (non-hydrogen) atoms. The van der Waals surface area contributed by atoms with Gasteiger partial charge >= 0.3 is 0 Å². The maximum atomic E-state index is 12.9. The van der Waals surface area contributed by atoms with E-state index in [-0.39, 0.29) is 23.2 Å². The van der Waals surface area contributed by atoms with E-state index in [0.717, 1.165) is 48.2 Å². The maximum Gasteiger partial charge on any atom is 0.293 e. The van der Waals surface area contributed by atoms with Crippen molar-refractivity contribution in [3.8, 4) is 11.4 Å². The molecule has 5 rings (SSSR count). The smallest absolute Gasteiger partial charge is 0.293 e. The molecule has 0 aliphatic heterocycles. The molecule has 2 N–H and O–H groups in total. The number of rotatable bonds is 5. The molecular formula is C25H29N9O2. The Bertz CT molecular complexity index is 1390. The second-order valence-corrected chi connectivity index (χ2v) is 10.0. The summed E-state index contributed by atoms with van der Waals surface area (Å²) >= 11 is 0. The average Bonchev–Trinajstić information content (AvgIpc) is 3.46. The van der Waals surface area contributed by atoms with Crippen LogP contribution < -0.4 is 10.6 Å². The van der Waals surface area contributed by atoms with Crippen molar-refractivity contribution < 1.29 is 9.32 Å². The van der Waals surface area contributed by atoms with Crippen LogP contribution in [0.1, 0.15) is 73.7 Å². The molecule has 1 unspecified atom stereocenters. The van der Waals surface area contributed by atoms with Crippen molar-refractivity contribution in [2.45, 2.75) is 57.9 Å². The van der Waals surface area contributed by atoms with Crippen LogP contribution in [0.2, 0.25) is 0 Å². The molecule has 4 aromatic heterocycles. The number of carbonyl (C=O) groups is 1. The molecule has 186 valence electrons. The molecule has 0 fully saturated rings.